The summed E-state index contributed by atoms with van der Waals surface area (Å²) in [7, 11) is 0. The molecule has 0 atom stereocenters. The fourth-order valence-electron chi connectivity index (χ4n) is 3.43. The predicted molar refractivity (Wildman–Crippen MR) is 74.9 cm³/mol. The number of urea groups is 1. The molecule has 2 saturated carbocycles. The highest BCUT2D eigenvalue weighted by molar-refractivity contribution is 5.92. The number of rotatable bonds is 4. The molecule has 112 valence electrons. The van der Waals surface area contributed by atoms with E-state index < -0.39 is 6.03 Å². The second-order valence-electron chi connectivity index (χ2n) is 5.89. The van der Waals surface area contributed by atoms with Crippen molar-refractivity contribution in [2.75, 3.05) is 0 Å². The molecule has 0 saturated heterocycles. The maximum Gasteiger partial charge on any atom is 0.333 e. The van der Waals surface area contributed by atoms with Gasteiger partial charge < -0.3 is 0 Å². The summed E-state index contributed by atoms with van der Waals surface area (Å²) in [6.07, 6.45) is 11.2. The SMILES string of the molecule is O=CN(C(=O)N(C=O)C1CCCCC1)C1CCCCC1. The lowest BCUT2D eigenvalue weighted by Crippen LogP contribution is -2.51. The summed E-state index contributed by atoms with van der Waals surface area (Å²) in [6.45, 7) is 0. The van der Waals surface area contributed by atoms with Gasteiger partial charge in [0.25, 0.3) is 0 Å². The van der Waals surface area contributed by atoms with Crippen molar-refractivity contribution in [1.29, 1.82) is 0 Å². The molecule has 0 bridgehead atoms. The number of amides is 4. The van der Waals surface area contributed by atoms with E-state index in [9.17, 15) is 14.4 Å². The summed E-state index contributed by atoms with van der Waals surface area (Å²) in [5, 5.41) is 0. The van der Waals surface area contributed by atoms with Crippen LogP contribution in [0.5, 0.6) is 0 Å². The molecule has 0 N–H and O–H groups in total. The first-order chi connectivity index (χ1) is 9.77. The zero-order chi connectivity index (χ0) is 14.4. The Morgan fingerprint density at radius 3 is 1.35 bits per heavy atom. The van der Waals surface area contributed by atoms with Crippen LogP contribution in [0.25, 0.3) is 0 Å². The third-order valence-corrected chi connectivity index (χ3v) is 4.61. The summed E-state index contributed by atoms with van der Waals surface area (Å²) in [5.74, 6) is 0. The standard InChI is InChI=1S/C15H24N2O3/c18-11-16(13-7-3-1-4-8-13)15(20)17(12-19)14-9-5-2-6-10-14/h11-14H,1-10H2. The number of imide groups is 2. The summed E-state index contributed by atoms with van der Waals surface area (Å²) < 4.78 is 0. The third kappa shape index (κ3) is 3.38. The molecule has 2 aliphatic carbocycles. The second kappa shape index (κ2) is 7.41. The van der Waals surface area contributed by atoms with Crippen molar-refractivity contribution in [3.63, 3.8) is 0 Å². The van der Waals surface area contributed by atoms with E-state index >= 15 is 0 Å². The van der Waals surface area contributed by atoms with E-state index in [2.05, 4.69) is 0 Å². The Hall–Kier alpha value is -1.39. The summed E-state index contributed by atoms with van der Waals surface area (Å²) in [6, 6.07) is -0.478. The molecule has 20 heavy (non-hydrogen) atoms. The van der Waals surface area contributed by atoms with Gasteiger partial charge in [0, 0.05) is 12.1 Å². The summed E-state index contributed by atoms with van der Waals surface area (Å²) in [4.78, 5) is 37.6. The number of nitrogens with zero attached hydrogens (tertiary/aromatic N) is 2. The fourth-order valence-corrected chi connectivity index (χ4v) is 3.43. The first-order valence-electron chi connectivity index (χ1n) is 7.79. The minimum Gasteiger partial charge on any atom is -0.278 e. The van der Waals surface area contributed by atoms with Crippen LogP contribution in [-0.2, 0) is 9.59 Å². The third-order valence-electron chi connectivity index (χ3n) is 4.61. The molecule has 2 rings (SSSR count). The Morgan fingerprint density at radius 2 is 1.05 bits per heavy atom. The lowest BCUT2D eigenvalue weighted by Gasteiger charge is -2.36. The summed E-state index contributed by atoms with van der Waals surface area (Å²) >= 11 is 0. The molecular weight excluding hydrogens is 256 g/mol. The van der Waals surface area contributed by atoms with Gasteiger partial charge in [0.05, 0.1) is 0 Å². The van der Waals surface area contributed by atoms with Crippen LogP contribution in [0, 0.1) is 0 Å². The largest absolute Gasteiger partial charge is 0.333 e. The van der Waals surface area contributed by atoms with Crippen LogP contribution < -0.4 is 0 Å². The van der Waals surface area contributed by atoms with Gasteiger partial charge >= 0.3 is 6.03 Å². The van der Waals surface area contributed by atoms with Crippen LogP contribution in [0.3, 0.4) is 0 Å². The number of hydrogen-bond acceptors (Lipinski definition) is 3. The topological polar surface area (TPSA) is 57.7 Å². The smallest absolute Gasteiger partial charge is 0.278 e. The molecule has 0 aromatic carbocycles. The van der Waals surface area contributed by atoms with Gasteiger partial charge in [-0.1, -0.05) is 38.5 Å². The molecule has 5 nitrogen and oxygen atoms in total. The maximum absolute atomic E-state index is 12.5. The van der Waals surface area contributed by atoms with Gasteiger partial charge in [0.2, 0.25) is 12.8 Å². The fraction of sp³-hybridized carbons (Fsp3) is 0.800. The predicted octanol–water partition coefficient (Wildman–Crippen LogP) is 2.69. The monoisotopic (exact) mass is 280 g/mol. The minimum absolute atomic E-state index is 0.0280. The van der Waals surface area contributed by atoms with Crippen LogP contribution in [0.2, 0.25) is 0 Å². The second-order valence-corrected chi connectivity index (χ2v) is 5.89. The molecule has 0 heterocycles. The maximum atomic E-state index is 12.5. The Morgan fingerprint density at radius 1 is 0.700 bits per heavy atom. The van der Waals surface area contributed by atoms with Gasteiger partial charge in [0.1, 0.15) is 0 Å². The lowest BCUT2D eigenvalue weighted by molar-refractivity contribution is -0.121. The molecule has 0 unspecified atom stereocenters. The molecular formula is C15H24N2O3. The van der Waals surface area contributed by atoms with Crippen LogP contribution in [0.4, 0.5) is 4.79 Å². The molecule has 2 aliphatic rings. The highest BCUT2D eigenvalue weighted by atomic mass is 16.2. The number of carbonyl (C=O) groups is 3. The molecule has 0 aliphatic heterocycles. The van der Waals surface area contributed by atoms with Gasteiger partial charge in [-0.25, -0.2) is 4.79 Å². The van der Waals surface area contributed by atoms with Crippen molar-refractivity contribution in [2.24, 2.45) is 0 Å². The molecule has 0 aromatic rings. The van der Waals surface area contributed by atoms with Crippen molar-refractivity contribution in [1.82, 2.24) is 9.80 Å². The number of hydrogen-bond donors (Lipinski definition) is 0. The van der Waals surface area contributed by atoms with Crippen LogP contribution in [0.1, 0.15) is 64.2 Å². The Balaban J connectivity index is 2.04. The minimum atomic E-state index is -0.422. The van der Waals surface area contributed by atoms with Gasteiger partial charge in [0.15, 0.2) is 0 Å². The van der Waals surface area contributed by atoms with Crippen LogP contribution in [0.15, 0.2) is 0 Å². The summed E-state index contributed by atoms with van der Waals surface area (Å²) in [5.41, 5.74) is 0. The van der Waals surface area contributed by atoms with E-state index in [0.717, 1.165) is 64.2 Å². The van der Waals surface area contributed by atoms with Crippen LogP contribution >= 0.6 is 0 Å². The van der Waals surface area contributed by atoms with Gasteiger partial charge in [-0.05, 0) is 25.7 Å². The molecule has 2 fully saturated rings. The Kier molecular flexibility index (Phi) is 5.56. The van der Waals surface area contributed by atoms with E-state index in [1.54, 1.807) is 0 Å². The van der Waals surface area contributed by atoms with E-state index in [-0.39, 0.29) is 12.1 Å². The van der Waals surface area contributed by atoms with E-state index in [1.165, 1.54) is 9.80 Å². The first-order valence-corrected chi connectivity index (χ1v) is 7.79. The van der Waals surface area contributed by atoms with Gasteiger partial charge in [-0.3, -0.25) is 19.4 Å². The van der Waals surface area contributed by atoms with Crippen molar-refractivity contribution in [2.45, 2.75) is 76.3 Å². The van der Waals surface area contributed by atoms with Crippen molar-refractivity contribution in [3.05, 3.63) is 0 Å². The van der Waals surface area contributed by atoms with Gasteiger partial charge in [-0.15, -0.1) is 0 Å². The Bertz CT molecular complexity index is 315. The highest BCUT2D eigenvalue weighted by Crippen LogP contribution is 2.26. The lowest BCUT2D eigenvalue weighted by atomic mass is 9.93. The van der Waals surface area contributed by atoms with Crippen molar-refractivity contribution in [3.8, 4) is 0 Å². The zero-order valence-corrected chi connectivity index (χ0v) is 12.0. The molecule has 4 amide bonds. The Labute approximate surface area is 120 Å². The first kappa shape index (κ1) is 15.0. The van der Waals surface area contributed by atoms with Crippen LogP contribution in [-0.4, -0.2) is 40.7 Å². The van der Waals surface area contributed by atoms with Gasteiger partial charge in [-0.2, -0.15) is 0 Å². The normalized spacial score (nSPS) is 21.2. The zero-order valence-electron chi connectivity index (χ0n) is 12.0. The van der Waals surface area contributed by atoms with E-state index in [1.807, 2.05) is 0 Å². The highest BCUT2D eigenvalue weighted by Gasteiger charge is 2.32. The average Bonchev–Trinajstić information content (AvgIpc) is 2.51. The average molecular weight is 280 g/mol. The quantitative estimate of drug-likeness (QED) is 0.744. The van der Waals surface area contributed by atoms with Crippen molar-refractivity contribution >= 4 is 18.9 Å². The van der Waals surface area contributed by atoms with Crippen molar-refractivity contribution < 1.29 is 14.4 Å². The van der Waals surface area contributed by atoms with E-state index in [0.29, 0.717) is 12.8 Å². The molecule has 5 heteroatoms. The molecule has 0 aromatic heterocycles. The molecule has 0 radical (unpaired) electrons. The number of carbonyl (C=O) groups excluding carboxylic acids is 3. The van der Waals surface area contributed by atoms with E-state index in [4.69, 9.17) is 0 Å². The molecule has 0 spiro atoms.